The Labute approximate surface area is 114 Å². The first kappa shape index (κ1) is 12.8. The molecule has 0 amide bonds. The highest BCUT2D eigenvalue weighted by Crippen LogP contribution is 2.26. The predicted octanol–water partition coefficient (Wildman–Crippen LogP) is 3.45. The van der Waals surface area contributed by atoms with E-state index in [1.165, 1.54) is 8.66 Å². The molecule has 0 aliphatic rings. The average molecular weight is 314 g/mol. The van der Waals surface area contributed by atoms with Crippen molar-refractivity contribution in [3.8, 4) is 0 Å². The number of hydrogen-bond acceptors (Lipinski definition) is 3. The molecule has 0 aliphatic carbocycles. The van der Waals surface area contributed by atoms with Gasteiger partial charge in [-0.05, 0) is 54.0 Å². The first-order chi connectivity index (χ1) is 8.25. The van der Waals surface area contributed by atoms with Crippen LogP contribution in [0.3, 0.4) is 0 Å². The monoisotopic (exact) mass is 313 g/mol. The van der Waals surface area contributed by atoms with Gasteiger partial charge in [0.1, 0.15) is 0 Å². The van der Waals surface area contributed by atoms with Gasteiger partial charge in [-0.1, -0.05) is 0 Å². The Balaban J connectivity index is 1.68. The van der Waals surface area contributed by atoms with Gasteiger partial charge in [0.25, 0.3) is 0 Å². The van der Waals surface area contributed by atoms with Crippen LogP contribution in [0.15, 0.2) is 34.4 Å². The quantitative estimate of drug-likeness (QED) is 0.828. The molecule has 1 atom stereocenters. The molecule has 92 valence electrons. The van der Waals surface area contributed by atoms with Crippen LogP contribution >= 0.6 is 27.3 Å². The highest BCUT2D eigenvalue weighted by Gasteiger charge is 2.06. The lowest BCUT2D eigenvalue weighted by Gasteiger charge is -2.11. The van der Waals surface area contributed by atoms with Crippen LogP contribution < -0.4 is 5.32 Å². The van der Waals surface area contributed by atoms with Crippen LogP contribution in [0.5, 0.6) is 0 Å². The Morgan fingerprint density at radius 2 is 2.41 bits per heavy atom. The predicted molar refractivity (Wildman–Crippen MR) is 75.3 cm³/mol. The van der Waals surface area contributed by atoms with Crippen molar-refractivity contribution in [2.45, 2.75) is 25.9 Å². The highest BCUT2D eigenvalue weighted by atomic mass is 79.9. The van der Waals surface area contributed by atoms with E-state index in [2.05, 4.69) is 45.4 Å². The van der Waals surface area contributed by atoms with Gasteiger partial charge in [0.05, 0.1) is 3.79 Å². The topological polar surface area (TPSA) is 29.9 Å². The summed E-state index contributed by atoms with van der Waals surface area (Å²) in [5, 5.41) is 7.70. The largest absolute Gasteiger partial charge is 0.309 e. The number of nitrogens with zero attached hydrogens (tertiary/aromatic N) is 2. The summed E-state index contributed by atoms with van der Waals surface area (Å²) in [4.78, 5) is 1.37. The van der Waals surface area contributed by atoms with Crippen LogP contribution in [-0.4, -0.2) is 16.3 Å². The van der Waals surface area contributed by atoms with E-state index < -0.39 is 0 Å². The molecule has 5 heteroatoms. The summed E-state index contributed by atoms with van der Waals surface area (Å²) in [6, 6.07) is 6.64. The average Bonchev–Trinajstić information content (AvgIpc) is 2.95. The Morgan fingerprint density at radius 3 is 3.06 bits per heavy atom. The molecule has 0 radical (unpaired) electrons. The van der Waals surface area contributed by atoms with Gasteiger partial charge in [0.2, 0.25) is 0 Å². The second kappa shape index (κ2) is 6.33. The fourth-order valence-corrected chi connectivity index (χ4v) is 3.10. The summed E-state index contributed by atoms with van der Waals surface area (Å²) < 4.78 is 3.16. The lowest BCUT2D eigenvalue weighted by molar-refractivity contribution is 0.510. The Morgan fingerprint density at radius 1 is 1.53 bits per heavy atom. The number of hydrogen-bond donors (Lipinski definition) is 1. The zero-order chi connectivity index (χ0) is 12.1. The van der Waals surface area contributed by atoms with E-state index in [9.17, 15) is 0 Å². The van der Waals surface area contributed by atoms with Gasteiger partial charge in [-0.25, -0.2) is 0 Å². The van der Waals surface area contributed by atoms with E-state index in [4.69, 9.17) is 0 Å². The van der Waals surface area contributed by atoms with Crippen molar-refractivity contribution in [2.24, 2.45) is 0 Å². The summed E-state index contributed by atoms with van der Waals surface area (Å²) in [7, 11) is 0. The normalized spacial score (nSPS) is 12.8. The van der Waals surface area contributed by atoms with Gasteiger partial charge in [0.15, 0.2) is 0 Å². The van der Waals surface area contributed by atoms with Crippen molar-refractivity contribution in [3.63, 3.8) is 0 Å². The molecule has 2 aromatic rings. The molecular formula is C12H16BrN3S. The van der Waals surface area contributed by atoms with Crippen LogP contribution in [0.25, 0.3) is 0 Å². The maximum atomic E-state index is 4.18. The second-order valence-electron chi connectivity index (χ2n) is 3.94. The molecule has 0 aliphatic heterocycles. The number of aromatic nitrogens is 2. The van der Waals surface area contributed by atoms with Crippen LogP contribution in [0.2, 0.25) is 0 Å². The van der Waals surface area contributed by atoms with E-state index >= 15 is 0 Å². The molecule has 3 nitrogen and oxygen atoms in total. The van der Waals surface area contributed by atoms with Crippen molar-refractivity contribution in [3.05, 3.63) is 39.3 Å². The van der Waals surface area contributed by atoms with Crippen LogP contribution in [-0.2, 0) is 6.54 Å². The number of nitrogens with one attached hydrogen (secondary N) is 1. The maximum Gasteiger partial charge on any atom is 0.0701 e. The molecule has 0 saturated carbocycles. The van der Waals surface area contributed by atoms with Gasteiger partial charge in [-0.2, -0.15) is 5.10 Å². The van der Waals surface area contributed by atoms with Gasteiger partial charge >= 0.3 is 0 Å². The molecular weight excluding hydrogens is 298 g/mol. The molecule has 0 saturated heterocycles. The number of aryl methyl sites for hydroxylation is 1. The molecule has 0 spiro atoms. The lowest BCUT2D eigenvalue weighted by Crippen LogP contribution is -2.20. The lowest BCUT2D eigenvalue weighted by atomic mass is 10.2. The van der Waals surface area contributed by atoms with E-state index in [0.717, 1.165) is 19.5 Å². The van der Waals surface area contributed by atoms with Crippen molar-refractivity contribution in [1.29, 1.82) is 0 Å². The minimum Gasteiger partial charge on any atom is -0.309 e. The number of rotatable bonds is 6. The van der Waals surface area contributed by atoms with Crippen LogP contribution in [0.1, 0.15) is 24.3 Å². The van der Waals surface area contributed by atoms with Crippen molar-refractivity contribution in [1.82, 2.24) is 15.1 Å². The van der Waals surface area contributed by atoms with Gasteiger partial charge in [-0.3, -0.25) is 4.68 Å². The molecule has 0 unspecified atom stereocenters. The van der Waals surface area contributed by atoms with Crippen LogP contribution in [0.4, 0.5) is 0 Å². The summed E-state index contributed by atoms with van der Waals surface area (Å²) >= 11 is 5.28. The second-order valence-corrected chi connectivity index (χ2v) is 6.43. The van der Waals surface area contributed by atoms with E-state index in [1.54, 1.807) is 11.3 Å². The first-order valence-corrected chi connectivity index (χ1v) is 7.32. The Kier molecular flexibility index (Phi) is 4.76. The molecule has 2 aromatic heterocycles. The van der Waals surface area contributed by atoms with Gasteiger partial charge < -0.3 is 5.32 Å². The molecule has 17 heavy (non-hydrogen) atoms. The Hall–Kier alpha value is -0.650. The third-order valence-corrected chi connectivity index (χ3v) is 4.40. The zero-order valence-corrected chi connectivity index (χ0v) is 12.2. The molecule has 0 fully saturated rings. The summed E-state index contributed by atoms with van der Waals surface area (Å²) in [6.45, 7) is 4.18. The minimum atomic E-state index is 0.420. The molecule has 2 rings (SSSR count). The first-order valence-electron chi connectivity index (χ1n) is 5.72. The highest BCUT2D eigenvalue weighted by molar-refractivity contribution is 9.11. The molecule has 0 aromatic carbocycles. The SMILES string of the molecule is C[C@H](NCCCn1cccn1)c1ccc(Br)s1. The molecule has 2 heterocycles. The summed E-state index contributed by atoms with van der Waals surface area (Å²) in [5.74, 6) is 0. The van der Waals surface area contributed by atoms with Gasteiger partial charge in [0, 0.05) is 29.9 Å². The number of halogens is 1. The van der Waals surface area contributed by atoms with Crippen molar-refractivity contribution >= 4 is 27.3 Å². The zero-order valence-electron chi connectivity index (χ0n) is 9.77. The van der Waals surface area contributed by atoms with Crippen molar-refractivity contribution < 1.29 is 0 Å². The van der Waals surface area contributed by atoms with Crippen molar-refractivity contribution in [2.75, 3.05) is 6.54 Å². The smallest absolute Gasteiger partial charge is 0.0701 e. The maximum absolute atomic E-state index is 4.18. The summed E-state index contributed by atoms with van der Waals surface area (Å²) in [6.07, 6.45) is 4.91. The van der Waals surface area contributed by atoms with E-state index in [1.807, 2.05) is 23.1 Å². The summed E-state index contributed by atoms with van der Waals surface area (Å²) in [5.41, 5.74) is 0. The Bertz CT molecular complexity index is 438. The molecule has 0 bridgehead atoms. The standard InChI is InChI=1S/C12H16BrN3S/c1-10(11-4-5-12(13)17-11)14-6-2-8-16-9-3-7-15-16/h3-5,7,9-10,14H,2,6,8H2,1H3/t10-/m0/s1. The third kappa shape index (κ3) is 3.94. The fourth-order valence-electron chi connectivity index (χ4n) is 1.65. The van der Waals surface area contributed by atoms with E-state index in [-0.39, 0.29) is 0 Å². The van der Waals surface area contributed by atoms with Gasteiger partial charge in [-0.15, -0.1) is 11.3 Å². The number of thiophene rings is 1. The molecule has 1 N–H and O–H groups in total. The fraction of sp³-hybridized carbons (Fsp3) is 0.417. The van der Waals surface area contributed by atoms with Crippen LogP contribution in [0, 0.1) is 0 Å². The third-order valence-electron chi connectivity index (χ3n) is 2.59. The van der Waals surface area contributed by atoms with E-state index in [0.29, 0.717) is 6.04 Å². The minimum absolute atomic E-state index is 0.420.